The summed E-state index contributed by atoms with van der Waals surface area (Å²) in [7, 11) is 0. The summed E-state index contributed by atoms with van der Waals surface area (Å²) in [5, 5.41) is 22.0. The first-order valence-corrected chi connectivity index (χ1v) is 8.94. The van der Waals surface area contributed by atoms with Crippen LogP contribution in [0.3, 0.4) is 0 Å². The maximum absolute atomic E-state index is 12.8. The molecule has 0 aliphatic carbocycles. The summed E-state index contributed by atoms with van der Waals surface area (Å²) >= 11 is 0. The zero-order valence-electron chi connectivity index (χ0n) is 15.1. The maximum Gasteiger partial charge on any atom is 0.253 e. The second-order valence-corrected chi connectivity index (χ2v) is 6.56. The summed E-state index contributed by atoms with van der Waals surface area (Å²) in [6.45, 7) is 3.40. The molecule has 1 saturated heterocycles. The minimum Gasteiger partial charge on any atom is -0.507 e. The summed E-state index contributed by atoms with van der Waals surface area (Å²) in [5.74, 6) is -0.274. The number of amides is 2. The molecule has 1 aliphatic rings. The third-order valence-corrected chi connectivity index (χ3v) is 4.74. The van der Waals surface area contributed by atoms with E-state index in [9.17, 15) is 14.7 Å². The number of hydrogen-bond donors (Lipinski definition) is 2. The lowest BCUT2D eigenvalue weighted by Gasteiger charge is -2.17. The molecule has 0 aromatic heterocycles. The predicted octanol–water partition coefficient (Wildman–Crippen LogP) is 2.53. The Kier molecular flexibility index (Phi) is 5.41. The number of likely N-dealkylation sites (tertiary alicyclic amines) is 1. The molecule has 1 aliphatic heterocycles. The second kappa shape index (κ2) is 7.92. The van der Waals surface area contributed by atoms with Gasteiger partial charge in [0.15, 0.2) is 0 Å². The van der Waals surface area contributed by atoms with Gasteiger partial charge in [-0.05, 0) is 49.2 Å². The third kappa shape index (κ3) is 3.93. The summed E-state index contributed by atoms with van der Waals surface area (Å²) in [6, 6.07) is 13.6. The highest BCUT2D eigenvalue weighted by atomic mass is 16.3. The van der Waals surface area contributed by atoms with Crippen molar-refractivity contribution in [3.8, 4) is 22.9 Å². The Hall–Kier alpha value is -3.33. The molecule has 2 aromatic carbocycles. The lowest BCUT2D eigenvalue weighted by molar-refractivity contribution is -0.124. The van der Waals surface area contributed by atoms with E-state index in [0.29, 0.717) is 48.3 Å². The highest BCUT2D eigenvalue weighted by Gasteiger charge is 2.31. The van der Waals surface area contributed by atoms with Crippen molar-refractivity contribution in [3.05, 3.63) is 53.6 Å². The first kappa shape index (κ1) is 18.5. The van der Waals surface area contributed by atoms with Crippen molar-refractivity contribution in [1.29, 1.82) is 5.26 Å². The van der Waals surface area contributed by atoms with Crippen LogP contribution in [0.4, 0.5) is 0 Å². The van der Waals surface area contributed by atoms with E-state index in [1.165, 1.54) is 6.07 Å². The molecule has 2 N–H and O–H groups in total. The molecule has 0 unspecified atom stereocenters. The smallest absolute Gasteiger partial charge is 0.253 e. The van der Waals surface area contributed by atoms with Crippen LogP contribution in [0.5, 0.6) is 5.75 Å². The van der Waals surface area contributed by atoms with Crippen LogP contribution in [-0.4, -0.2) is 41.5 Å². The van der Waals surface area contributed by atoms with Gasteiger partial charge in [0.25, 0.3) is 5.91 Å². The van der Waals surface area contributed by atoms with Crippen molar-refractivity contribution < 1.29 is 14.7 Å². The van der Waals surface area contributed by atoms with Crippen LogP contribution in [0.15, 0.2) is 42.5 Å². The van der Waals surface area contributed by atoms with Gasteiger partial charge in [-0.15, -0.1) is 0 Å². The molecule has 0 spiro atoms. The Bertz CT molecular complexity index is 917. The molecule has 27 heavy (non-hydrogen) atoms. The van der Waals surface area contributed by atoms with Gasteiger partial charge in [0, 0.05) is 30.8 Å². The number of carbonyl (C=O) groups excluding carboxylic acids is 2. The third-order valence-electron chi connectivity index (χ3n) is 4.74. The van der Waals surface area contributed by atoms with Crippen LogP contribution >= 0.6 is 0 Å². The number of hydrogen-bond acceptors (Lipinski definition) is 4. The van der Waals surface area contributed by atoms with Gasteiger partial charge >= 0.3 is 0 Å². The van der Waals surface area contributed by atoms with Gasteiger partial charge in [-0.1, -0.05) is 12.1 Å². The van der Waals surface area contributed by atoms with E-state index in [2.05, 4.69) is 5.32 Å². The maximum atomic E-state index is 12.8. The molecule has 6 heteroatoms. The number of benzene rings is 2. The molecule has 3 rings (SSSR count). The highest BCUT2D eigenvalue weighted by molar-refractivity contribution is 5.96. The van der Waals surface area contributed by atoms with Gasteiger partial charge in [-0.3, -0.25) is 9.59 Å². The summed E-state index contributed by atoms with van der Waals surface area (Å²) in [6.07, 6.45) is 0.655. The largest absolute Gasteiger partial charge is 0.507 e. The fourth-order valence-electron chi connectivity index (χ4n) is 3.32. The molecule has 0 radical (unpaired) electrons. The first-order chi connectivity index (χ1) is 13.0. The van der Waals surface area contributed by atoms with Crippen LogP contribution in [0.1, 0.15) is 29.3 Å². The quantitative estimate of drug-likeness (QED) is 0.873. The molecular weight excluding hydrogens is 342 g/mol. The van der Waals surface area contributed by atoms with E-state index in [0.717, 1.165) is 0 Å². The average molecular weight is 363 g/mol. The van der Waals surface area contributed by atoms with Crippen LogP contribution in [0.25, 0.3) is 11.1 Å². The topological polar surface area (TPSA) is 93.4 Å². The van der Waals surface area contributed by atoms with Crippen molar-refractivity contribution >= 4 is 11.8 Å². The Labute approximate surface area is 158 Å². The van der Waals surface area contributed by atoms with Crippen molar-refractivity contribution in [2.24, 2.45) is 5.92 Å². The van der Waals surface area contributed by atoms with Gasteiger partial charge in [-0.2, -0.15) is 5.26 Å². The van der Waals surface area contributed by atoms with Gasteiger partial charge in [0.05, 0.1) is 17.6 Å². The zero-order chi connectivity index (χ0) is 19.4. The molecule has 138 valence electrons. The molecular formula is C21H21N3O3. The van der Waals surface area contributed by atoms with Gasteiger partial charge < -0.3 is 15.3 Å². The minimum absolute atomic E-state index is 0.0141. The summed E-state index contributed by atoms with van der Waals surface area (Å²) in [4.78, 5) is 26.5. The fraction of sp³-hybridized carbons (Fsp3) is 0.286. The number of nitrogens with zero attached hydrogens (tertiary/aromatic N) is 2. The lowest BCUT2D eigenvalue weighted by Crippen LogP contribution is -2.34. The lowest BCUT2D eigenvalue weighted by atomic mass is 10.00. The number of phenols is 1. The monoisotopic (exact) mass is 363 g/mol. The summed E-state index contributed by atoms with van der Waals surface area (Å²) < 4.78 is 0. The Morgan fingerprint density at radius 3 is 2.85 bits per heavy atom. The standard InChI is InChI=1S/C21H21N3O3/c1-2-23-20(26)17-8-9-24(13-17)21(27)16-5-3-4-15(11-16)18-10-14(12-22)6-7-19(18)25/h3-7,10-11,17,25H,2,8-9,13H2,1H3,(H,23,26)/t17-/m0/s1. The zero-order valence-corrected chi connectivity index (χ0v) is 15.1. The van der Waals surface area contributed by atoms with Crippen LogP contribution < -0.4 is 5.32 Å². The van der Waals surface area contributed by atoms with Gasteiger partial charge in [-0.25, -0.2) is 0 Å². The molecule has 1 fully saturated rings. The van der Waals surface area contributed by atoms with E-state index in [1.807, 2.05) is 13.0 Å². The summed E-state index contributed by atoms with van der Waals surface area (Å²) in [5.41, 5.74) is 2.09. The SMILES string of the molecule is CCNC(=O)[C@H]1CCN(C(=O)c2cccc(-c3cc(C#N)ccc3O)c2)C1. The van der Waals surface area contributed by atoms with Crippen molar-refractivity contribution in [1.82, 2.24) is 10.2 Å². The molecule has 2 amide bonds. The second-order valence-electron chi connectivity index (χ2n) is 6.56. The number of nitriles is 1. The highest BCUT2D eigenvalue weighted by Crippen LogP contribution is 2.31. The number of nitrogens with one attached hydrogen (secondary N) is 1. The minimum atomic E-state index is -0.173. The van der Waals surface area contributed by atoms with Crippen molar-refractivity contribution in [2.45, 2.75) is 13.3 Å². The Morgan fingerprint density at radius 2 is 2.11 bits per heavy atom. The van der Waals surface area contributed by atoms with E-state index in [-0.39, 0.29) is 23.5 Å². The fourth-order valence-corrected chi connectivity index (χ4v) is 3.32. The van der Waals surface area contributed by atoms with E-state index in [1.54, 1.807) is 41.3 Å². The van der Waals surface area contributed by atoms with E-state index < -0.39 is 0 Å². The van der Waals surface area contributed by atoms with Gasteiger partial charge in [0.1, 0.15) is 5.75 Å². The van der Waals surface area contributed by atoms with Crippen LogP contribution in [0, 0.1) is 17.2 Å². The first-order valence-electron chi connectivity index (χ1n) is 8.94. The van der Waals surface area contributed by atoms with Gasteiger partial charge in [0.2, 0.25) is 5.91 Å². The average Bonchev–Trinajstić information content (AvgIpc) is 3.18. The predicted molar refractivity (Wildman–Crippen MR) is 101 cm³/mol. The number of carbonyl (C=O) groups is 2. The molecule has 0 saturated carbocycles. The molecule has 1 heterocycles. The number of phenolic OH excluding ortho intramolecular Hbond substituents is 1. The van der Waals surface area contributed by atoms with E-state index in [4.69, 9.17) is 5.26 Å². The molecule has 2 aromatic rings. The van der Waals surface area contributed by atoms with Crippen LogP contribution in [-0.2, 0) is 4.79 Å². The molecule has 0 bridgehead atoms. The normalized spacial score (nSPS) is 16.0. The Balaban J connectivity index is 1.81. The Morgan fingerprint density at radius 1 is 1.30 bits per heavy atom. The van der Waals surface area contributed by atoms with Crippen molar-refractivity contribution in [3.63, 3.8) is 0 Å². The van der Waals surface area contributed by atoms with Crippen LogP contribution in [0.2, 0.25) is 0 Å². The molecule has 6 nitrogen and oxygen atoms in total. The number of aromatic hydroxyl groups is 1. The molecule has 1 atom stereocenters. The number of rotatable bonds is 4. The van der Waals surface area contributed by atoms with E-state index >= 15 is 0 Å². The van der Waals surface area contributed by atoms with Crippen molar-refractivity contribution in [2.75, 3.05) is 19.6 Å².